The van der Waals surface area contributed by atoms with Gasteiger partial charge in [-0.05, 0) is 111 Å². The van der Waals surface area contributed by atoms with Crippen molar-refractivity contribution < 1.29 is 0 Å². The molecule has 2 aliphatic rings. The summed E-state index contributed by atoms with van der Waals surface area (Å²) in [6.07, 6.45) is 8.70. The quantitative estimate of drug-likeness (QED) is 0.179. The molecule has 0 radical (unpaired) electrons. The van der Waals surface area contributed by atoms with Crippen LogP contribution in [0.15, 0.2) is 188 Å². The van der Waals surface area contributed by atoms with E-state index in [9.17, 15) is 0 Å². The third kappa shape index (κ3) is 5.83. The van der Waals surface area contributed by atoms with Gasteiger partial charge in [-0.2, -0.15) is 0 Å². The molecule has 0 unspecified atom stereocenters. The zero-order valence-corrected chi connectivity index (χ0v) is 30.7. The van der Waals surface area contributed by atoms with Crippen molar-refractivity contribution in [1.82, 2.24) is 0 Å². The number of allylic oxidation sites excluding steroid dienone is 4. The zero-order valence-electron chi connectivity index (χ0n) is 30.7. The third-order valence-corrected chi connectivity index (χ3v) is 11.3. The van der Waals surface area contributed by atoms with Crippen molar-refractivity contribution >= 4 is 17.1 Å². The molecule has 0 N–H and O–H groups in total. The average Bonchev–Trinajstić information content (AvgIpc) is 3.43. The standard InChI is InChI=1S/C52H43N/c1-36-16-15-20-39-30-31-40(34-48(39)45-24-10-9-23-44(45)42-21-8-7-19-38(42)29-28-36)53(51-27-14-12-22-43(51)37-17-5-4-6-18-37)41-32-33-47-46-25-11-13-26-49(46)52(2,3)50(47)35-41/h4-19,21-28,30-35H,20,29H2,1-3H3. The van der Waals surface area contributed by atoms with E-state index >= 15 is 0 Å². The first-order valence-electron chi connectivity index (χ1n) is 18.8. The Kier molecular flexibility index (Phi) is 8.28. The molecule has 1 nitrogen and oxygen atoms in total. The predicted octanol–water partition coefficient (Wildman–Crippen LogP) is 14.1. The van der Waals surface area contributed by atoms with Crippen molar-refractivity contribution in [3.8, 4) is 44.5 Å². The number of benzene rings is 7. The Hall–Kier alpha value is -6.18. The molecule has 0 spiro atoms. The minimum atomic E-state index is -0.113. The van der Waals surface area contributed by atoms with Gasteiger partial charge < -0.3 is 4.90 Å². The van der Waals surface area contributed by atoms with Crippen molar-refractivity contribution in [1.29, 1.82) is 0 Å². The second-order valence-corrected chi connectivity index (χ2v) is 14.9. The lowest BCUT2D eigenvalue weighted by atomic mass is 9.82. The van der Waals surface area contributed by atoms with Gasteiger partial charge in [0.15, 0.2) is 0 Å². The van der Waals surface area contributed by atoms with E-state index in [2.05, 4.69) is 208 Å². The molecule has 7 aromatic carbocycles. The number of nitrogens with zero attached hydrogens (tertiary/aromatic N) is 1. The summed E-state index contributed by atoms with van der Waals surface area (Å²) >= 11 is 0. The fourth-order valence-corrected chi connectivity index (χ4v) is 8.55. The highest BCUT2D eigenvalue weighted by atomic mass is 15.1. The second-order valence-electron chi connectivity index (χ2n) is 14.9. The Labute approximate surface area is 314 Å². The summed E-state index contributed by atoms with van der Waals surface area (Å²) in [5.41, 5.74) is 20.2. The molecule has 2 aliphatic carbocycles. The van der Waals surface area contributed by atoms with E-state index < -0.39 is 0 Å². The van der Waals surface area contributed by atoms with E-state index in [0.717, 1.165) is 29.9 Å². The number of rotatable bonds is 4. The third-order valence-electron chi connectivity index (χ3n) is 11.3. The first-order chi connectivity index (χ1) is 26.0. The Morgan fingerprint density at radius 3 is 1.85 bits per heavy atom. The maximum Gasteiger partial charge on any atom is 0.0540 e. The number of para-hydroxylation sites is 1. The van der Waals surface area contributed by atoms with Crippen molar-refractivity contribution in [2.75, 3.05) is 4.90 Å². The van der Waals surface area contributed by atoms with Gasteiger partial charge in [-0.3, -0.25) is 0 Å². The average molecular weight is 682 g/mol. The van der Waals surface area contributed by atoms with Gasteiger partial charge in [0.2, 0.25) is 0 Å². The van der Waals surface area contributed by atoms with E-state index in [-0.39, 0.29) is 5.41 Å². The van der Waals surface area contributed by atoms with Crippen LogP contribution in [-0.4, -0.2) is 0 Å². The summed E-state index contributed by atoms with van der Waals surface area (Å²) in [6, 6.07) is 60.6. The molecule has 0 bridgehead atoms. The fourth-order valence-electron chi connectivity index (χ4n) is 8.55. The molecular formula is C52H43N. The maximum atomic E-state index is 2.48. The molecule has 0 heterocycles. The molecule has 0 aliphatic heterocycles. The van der Waals surface area contributed by atoms with Crippen LogP contribution in [0.3, 0.4) is 0 Å². The number of fused-ring (bicyclic) bond motifs is 8. The lowest BCUT2D eigenvalue weighted by Crippen LogP contribution is -2.17. The van der Waals surface area contributed by atoms with Crippen LogP contribution < -0.4 is 4.90 Å². The van der Waals surface area contributed by atoms with E-state index in [1.54, 1.807) is 0 Å². The summed E-state index contributed by atoms with van der Waals surface area (Å²) in [6.45, 7) is 6.94. The monoisotopic (exact) mass is 681 g/mol. The Morgan fingerprint density at radius 2 is 1.04 bits per heavy atom. The van der Waals surface area contributed by atoms with E-state index in [1.807, 2.05) is 0 Å². The Morgan fingerprint density at radius 1 is 0.453 bits per heavy atom. The summed E-state index contributed by atoms with van der Waals surface area (Å²) < 4.78 is 0. The van der Waals surface area contributed by atoms with Crippen LogP contribution in [0.2, 0.25) is 0 Å². The van der Waals surface area contributed by atoms with Crippen molar-refractivity contribution in [2.45, 2.75) is 39.0 Å². The minimum absolute atomic E-state index is 0.113. The largest absolute Gasteiger partial charge is 0.310 e. The van der Waals surface area contributed by atoms with Crippen LogP contribution in [-0.2, 0) is 18.3 Å². The zero-order chi connectivity index (χ0) is 35.9. The van der Waals surface area contributed by atoms with Crippen molar-refractivity contribution in [3.05, 3.63) is 210 Å². The van der Waals surface area contributed by atoms with Gasteiger partial charge in [0.05, 0.1) is 5.69 Å². The van der Waals surface area contributed by atoms with Crippen LogP contribution in [0, 0.1) is 0 Å². The van der Waals surface area contributed by atoms with Gasteiger partial charge in [0, 0.05) is 22.4 Å². The highest BCUT2D eigenvalue weighted by Crippen LogP contribution is 2.51. The number of anilines is 3. The fraction of sp³-hybridized carbons (Fsp3) is 0.115. The molecule has 256 valence electrons. The van der Waals surface area contributed by atoms with Crippen LogP contribution in [0.5, 0.6) is 0 Å². The van der Waals surface area contributed by atoms with Gasteiger partial charge in [0.1, 0.15) is 0 Å². The van der Waals surface area contributed by atoms with Gasteiger partial charge >= 0.3 is 0 Å². The van der Waals surface area contributed by atoms with Gasteiger partial charge in [-0.15, -0.1) is 0 Å². The summed E-state index contributed by atoms with van der Waals surface area (Å²) in [7, 11) is 0. The van der Waals surface area contributed by atoms with Gasteiger partial charge in [0.25, 0.3) is 0 Å². The van der Waals surface area contributed by atoms with Gasteiger partial charge in [-0.25, -0.2) is 0 Å². The molecule has 1 heteroatoms. The molecule has 0 amide bonds. The van der Waals surface area contributed by atoms with Crippen LogP contribution in [0.1, 0.15) is 43.0 Å². The molecule has 0 saturated carbocycles. The molecule has 0 atom stereocenters. The first-order valence-corrected chi connectivity index (χ1v) is 18.8. The smallest absolute Gasteiger partial charge is 0.0540 e. The molecule has 7 aromatic rings. The van der Waals surface area contributed by atoms with Crippen LogP contribution in [0.25, 0.3) is 44.5 Å². The highest BCUT2D eigenvalue weighted by Gasteiger charge is 2.36. The number of hydrogen-bond donors (Lipinski definition) is 0. The molecular weight excluding hydrogens is 639 g/mol. The van der Waals surface area contributed by atoms with Gasteiger partial charge in [-0.1, -0.05) is 171 Å². The summed E-state index contributed by atoms with van der Waals surface area (Å²) in [5, 5.41) is 0. The van der Waals surface area contributed by atoms with Crippen molar-refractivity contribution in [3.63, 3.8) is 0 Å². The van der Waals surface area contributed by atoms with E-state index in [4.69, 9.17) is 0 Å². The predicted molar refractivity (Wildman–Crippen MR) is 225 cm³/mol. The summed E-state index contributed by atoms with van der Waals surface area (Å²) in [5.74, 6) is 0. The Bertz CT molecular complexity index is 2550. The Balaban J connectivity index is 1.29. The topological polar surface area (TPSA) is 3.24 Å². The maximum absolute atomic E-state index is 2.48. The lowest BCUT2D eigenvalue weighted by Gasteiger charge is -2.30. The van der Waals surface area contributed by atoms with Crippen molar-refractivity contribution in [2.24, 2.45) is 0 Å². The summed E-state index contributed by atoms with van der Waals surface area (Å²) in [4.78, 5) is 2.48. The molecule has 0 aromatic heterocycles. The normalized spacial score (nSPS) is 14.0. The molecule has 53 heavy (non-hydrogen) atoms. The molecule has 0 saturated heterocycles. The lowest BCUT2D eigenvalue weighted by molar-refractivity contribution is 0.660. The SMILES string of the molecule is CC1=CCc2ccccc2-c2ccccc2-c2cc(N(c3ccc4c(c3)C(C)(C)c3ccccc3-4)c3ccccc3-c3ccccc3)ccc2CC=C1. The minimum Gasteiger partial charge on any atom is -0.310 e. The number of hydrogen-bond acceptors (Lipinski definition) is 1. The van der Waals surface area contributed by atoms with E-state index in [0.29, 0.717) is 0 Å². The first kappa shape index (κ1) is 32.7. The molecule has 0 fully saturated rings. The van der Waals surface area contributed by atoms with E-state index in [1.165, 1.54) is 72.3 Å². The highest BCUT2D eigenvalue weighted by molar-refractivity contribution is 5.93. The second kappa shape index (κ2) is 13.4. The van der Waals surface area contributed by atoms with Crippen LogP contribution in [0.4, 0.5) is 17.1 Å². The molecule has 9 rings (SSSR count). The van der Waals surface area contributed by atoms with Crippen LogP contribution >= 0.6 is 0 Å².